The van der Waals surface area contributed by atoms with E-state index in [0.717, 1.165) is 20.3 Å². The fourth-order valence-electron chi connectivity index (χ4n) is 2.38. The summed E-state index contributed by atoms with van der Waals surface area (Å²) < 4.78 is 1.06. The number of hydroxylamine groups is 1. The summed E-state index contributed by atoms with van der Waals surface area (Å²) in [4.78, 5) is 11.8. The molecule has 35 heavy (non-hydrogen) atoms. The summed E-state index contributed by atoms with van der Waals surface area (Å²) in [6.45, 7) is 1.96. The predicted octanol–water partition coefficient (Wildman–Crippen LogP) is 2.22. The summed E-state index contributed by atoms with van der Waals surface area (Å²) in [6.07, 6.45) is 1.31. The van der Waals surface area contributed by atoms with Gasteiger partial charge in [-0.15, -0.1) is 24.0 Å². The molecule has 2 aromatic carbocycles. The Bertz CT molecular complexity index is 1090. The fraction of sp³-hybridized carbons (Fsp3) is 0.130. The number of nitrogens with zero attached hydrogens (tertiary/aromatic N) is 2. The topological polar surface area (TPSA) is 189 Å². The maximum absolute atomic E-state index is 10.5. The van der Waals surface area contributed by atoms with Gasteiger partial charge in [-0.25, -0.2) is 11.3 Å². The minimum absolute atomic E-state index is 0.144. The van der Waals surface area contributed by atoms with Crippen LogP contribution in [-0.4, -0.2) is 40.3 Å². The molecular weight excluding hydrogens is 486 g/mol. The number of amidine groups is 1. The minimum atomic E-state index is -0.626. The summed E-state index contributed by atoms with van der Waals surface area (Å²) >= 11 is 5.98. The molecule has 3 aromatic rings. The Kier molecular flexibility index (Phi) is 13.6. The third kappa shape index (κ3) is 11.9. The van der Waals surface area contributed by atoms with E-state index in [-0.39, 0.29) is 18.9 Å². The van der Waals surface area contributed by atoms with Gasteiger partial charge in [-0.3, -0.25) is 10.0 Å². The van der Waals surface area contributed by atoms with E-state index >= 15 is 0 Å². The SMILES string of the molecule is Cc1ccc(/C(N)=N/O)cc1.NC/C(N)=C/N(N)CC(=O)NO.Sc1ccc(-c2ccccc2)s1. The molecule has 0 aliphatic carbocycles. The molecule has 1 heterocycles. The van der Waals surface area contributed by atoms with Crippen LogP contribution in [0.2, 0.25) is 0 Å². The van der Waals surface area contributed by atoms with Crippen molar-refractivity contribution in [2.24, 2.45) is 28.2 Å². The highest BCUT2D eigenvalue weighted by molar-refractivity contribution is 7.83. The number of carbonyl (C=O) groups excluding carboxylic acids is 1. The van der Waals surface area contributed by atoms with Crippen molar-refractivity contribution in [2.45, 2.75) is 11.1 Å². The average Bonchev–Trinajstić information content (AvgIpc) is 3.31. The minimum Gasteiger partial charge on any atom is -0.409 e. The van der Waals surface area contributed by atoms with Gasteiger partial charge in [0.25, 0.3) is 5.91 Å². The molecule has 11 N–H and O–H groups in total. The van der Waals surface area contributed by atoms with E-state index in [1.54, 1.807) is 11.3 Å². The van der Waals surface area contributed by atoms with Crippen molar-refractivity contribution in [3.63, 3.8) is 0 Å². The number of hydrogen-bond donors (Lipinski definition) is 8. The van der Waals surface area contributed by atoms with Gasteiger partial charge in [-0.2, -0.15) is 0 Å². The molecule has 1 aromatic heterocycles. The lowest BCUT2D eigenvalue weighted by Crippen LogP contribution is -2.37. The molecule has 1 amide bonds. The number of thiol groups is 1. The smallest absolute Gasteiger partial charge is 0.264 e. The van der Waals surface area contributed by atoms with E-state index in [1.165, 1.54) is 22.1 Å². The zero-order chi connectivity index (χ0) is 26.2. The van der Waals surface area contributed by atoms with Crippen LogP contribution in [0, 0.1) is 6.92 Å². The van der Waals surface area contributed by atoms with Crippen molar-refractivity contribution < 1.29 is 15.2 Å². The van der Waals surface area contributed by atoms with E-state index in [4.69, 9.17) is 33.5 Å². The number of nitrogens with two attached hydrogens (primary N) is 4. The molecule has 3 rings (SSSR count). The largest absolute Gasteiger partial charge is 0.409 e. The summed E-state index contributed by atoms with van der Waals surface area (Å²) in [5, 5.41) is 20.3. The molecule has 0 aliphatic heterocycles. The van der Waals surface area contributed by atoms with Crippen LogP contribution in [0.5, 0.6) is 0 Å². The number of oxime groups is 1. The molecule has 0 saturated heterocycles. The van der Waals surface area contributed by atoms with Gasteiger partial charge in [0.2, 0.25) is 0 Å². The molecule has 0 radical (unpaired) electrons. The van der Waals surface area contributed by atoms with Gasteiger partial charge in [-0.1, -0.05) is 65.3 Å². The molecule has 0 atom stereocenters. The second-order valence-electron chi connectivity index (χ2n) is 6.97. The molecule has 0 unspecified atom stereocenters. The number of carbonyl (C=O) groups is 1. The number of nitrogens with one attached hydrogen (secondary N) is 1. The van der Waals surface area contributed by atoms with Crippen LogP contribution in [-0.2, 0) is 4.79 Å². The van der Waals surface area contributed by atoms with Crippen molar-refractivity contribution in [2.75, 3.05) is 13.1 Å². The standard InChI is InChI=1S/C10H8S2.C8H10N2O.C5H13N5O2/c11-10-7-6-9(12-10)8-4-2-1-3-5-8;1-6-2-4-7(5-3-6)8(9)10-11;6-1-4(7)2-10(8)3-5(11)9-12/h1-7,11H;2-5,11H,1H3,(H2,9,10);2,12H,1,3,6-8H2,(H,9,11)/b;;4-2-. The molecule has 0 saturated carbocycles. The number of hydrazine groups is 1. The second kappa shape index (κ2) is 16.1. The van der Waals surface area contributed by atoms with Crippen LogP contribution in [0.25, 0.3) is 10.4 Å². The fourth-order valence-corrected chi connectivity index (χ4v) is 3.50. The van der Waals surface area contributed by atoms with Gasteiger partial charge < -0.3 is 27.4 Å². The van der Waals surface area contributed by atoms with E-state index in [1.807, 2.05) is 55.5 Å². The zero-order valence-corrected chi connectivity index (χ0v) is 20.9. The van der Waals surface area contributed by atoms with Crippen LogP contribution >= 0.6 is 24.0 Å². The van der Waals surface area contributed by atoms with Crippen LogP contribution in [0.1, 0.15) is 11.1 Å². The van der Waals surface area contributed by atoms with E-state index in [9.17, 15) is 4.79 Å². The zero-order valence-electron chi connectivity index (χ0n) is 19.2. The van der Waals surface area contributed by atoms with Crippen molar-refractivity contribution in [1.82, 2.24) is 10.5 Å². The highest BCUT2D eigenvalue weighted by Crippen LogP contribution is 2.29. The number of benzene rings is 2. The van der Waals surface area contributed by atoms with E-state index in [2.05, 4.69) is 36.0 Å². The first kappa shape index (κ1) is 29.5. The quantitative estimate of drug-likeness (QED) is 0.0464. The third-order valence-corrected chi connectivity index (χ3v) is 5.48. The van der Waals surface area contributed by atoms with Crippen molar-refractivity contribution >= 4 is 35.7 Å². The molecule has 0 spiro atoms. The Morgan fingerprint density at radius 1 is 1.11 bits per heavy atom. The lowest BCUT2D eigenvalue weighted by molar-refractivity contribution is -0.129. The van der Waals surface area contributed by atoms with Crippen molar-refractivity contribution in [3.05, 3.63) is 89.8 Å². The van der Waals surface area contributed by atoms with Gasteiger partial charge in [-0.05, 0) is 24.6 Å². The molecule has 0 fully saturated rings. The predicted molar refractivity (Wildman–Crippen MR) is 143 cm³/mol. The lowest BCUT2D eigenvalue weighted by atomic mass is 10.1. The van der Waals surface area contributed by atoms with Crippen molar-refractivity contribution in [3.8, 4) is 10.4 Å². The van der Waals surface area contributed by atoms with Crippen LogP contribution in [0.4, 0.5) is 0 Å². The molecular formula is C23H31N7O3S2. The first-order valence-corrected chi connectivity index (χ1v) is 11.5. The third-order valence-electron chi connectivity index (χ3n) is 4.12. The first-order chi connectivity index (χ1) is 16.7. The van der Waals surface area contributed by atoms with Gasteiger partial charge in [0, 0.05) is 28.9 Å². The van der Waals surface area contributed by atoms with Gasteiger partial charge in [0.05, 0.1) is 4.21 Å². The normalized spacial score (nSPS) is 10.9. The molecule has 0 aliphatic rings. The molecule has 12 heteroatoms. The summed E-state index contributed by atoms with van der Waals surface area (Å²) in [6, 6.07) is 21.9. The molecule has 0 bridgehead atoms. The Labute approximate surface area is 213 Å². The average molecular weight is 518 g/mol. The van der Waals surface area contributed by atoms with E-state index in [0.29, 0.717) is 5.70 Å². The number of rotatable bonds is 6. The van der Waals surface area contributed by atoms with Crippen LogP contribution in [0.3, 0.4) is 0 Å². The Balaban J connectivity index is 0.000000263. The van der Waals surface area contributed by atoms with Gasteiger partial charge >= 0.3 is 0 Å². The number of thiophene rings is 1. The Morgan fingerprint density at radius 3 is 2.23 bits per heavy atom. The molecule has 188 valence electrons. The van der Waals surface area contributed by atoms with Crippen LogP contribution in [0.15, 0.2) is 88.0 Å². The maximum atomic E-state index is 10.5. The number of aryl methyl sites for hydroxylation is 1. The maximum Gasteiger partial charge on any atom is 0.264 e. The number of hydrogen-bond acceptors (Lipinski definition) is 10. The highest BCUT2D eigenvalue weighted by Gasteiger charge is 2.02. The van der Waals surface area contributed by atoms with Gasteiger partial charge in [0.15, 0.2) is 5.84 Å². The number of amides is 1. The summed E-state index contributed by atoms with van der Waals surface area (Å²) in [7, 11) is 0. The highest BCUT2D eigenvalue weighted by atomic mass is 32.2. The lowest BCUT2D eigenvalue weighted by Gasteiger charge is -2.12. The second-order valence-corrected chi connectivity index (χ2v) is 8.84. The Morgan fingerprint density at radius 2 is 1.74 bits per heavy atom. The Hall–Kier alpha value is -3.55. The van der Waals surface area contributed by atoms with Crippen LogP contribution < -0.4 is 28.5 Å². The molecule has 10 nitrogen and oxygen atoms in total. The first-order valence-electron chi connectivity index (χ1n) is 10.2. The monoisotopic (exact) mass is 517 g/mol. The van der Waals surface area contributed by atoms with Crippen molar-refractivity contribution in [1.29, 1.82) is 0 Å². The van der Waals surface area contributed by atoms with E-state index < -0.39 is 5.91 Å². The van der Waals surface area contributed by atoms with Gasteiger partial charge in [0.1, 0.15) is 6.54 Å². The summed E-state index contributed by atoms with van der Waals surface area (Å²) in [5.41, 5.74) is 20.7. The summed E-state index contributed by atoms with van der Waals surface area (Å²) in [5.74, 6) is 4.79.